The van der Waals surface area contributed by atoms with Crippen LogP contribution in [0.3, 0.4) is 0 Å². The lowest BCUT2D eigenvalue weighted by Gasteiger charge is -2.33. The topological polar surface area (TPSA) is 48.5 Å². The molecule has 1 unspecified atom stereocenters. The normalized spacial score (nSPS) is 22.4. The van der Waals surface area contributed by atoms with Crippen molar-refractivity contribution in [3.05, 3.63) is 23.9 Å². The van der Waals surface area contributed by atoms with Crippen molar-refractivity contribution in [2.75, 3.05) is 38.0 Å². The standard InChI is InChI=1S/C19H30N4O/c1-16-8-3-6-12-22(16)15-11-21-18-17(9-7-10-20-18)19(24)23-13-4-2-5-14-23/h7,9-10,16H,2-6,8,11-15H2,1H3,(H,20,21). The van der Waals surface area contributed by atoms with E-state index in [-0.39, 0.29) is 5.91 Å². The molecule has 0 saturated carbocycles. The number of pyridine rings is 1. The van der Waals surface area contributed by atoms with Gasteiger partial charge < -0.3 is 10.2 Å². The molecule has 0 aliphatic carbocycles. The first-order valence-electron chi connectivity index (χ1n) is 9.48. The second-order valence-corrected chi connectivity index (χ2v) is 7.06. The Hall–Kier alpha value is -1.62. The summed E-state index contributed by atoms with van der Waals surface area (Å²) < 4.78 is 0. The second-order valence-electron chi connectivity index (χ2n) is 7.06. The Morgan fingerprint density at radius 1 is 1.21 bits per heavy atom. The Morgan fingerprint density at radius 3 is 2.79 bits per heavy atom. The van der Waals surface area contributed by atoms with Gasteiger partial charge in [-0.2, -0.15) is 0 Å². The van der Waals surface area contributed by atoms with Crippen molar-refractivity contribution in [1.29, 1.82) is 0 Å². The van der Waals surface area contributed by atoms with Crippen molar-refractivity contribution < 1.29 is 4.79 Å². The Kier molecular flexibility index (Phi) is 6.07. The highest BCUT2D eigenvalue weighted by Crippen LogP contribution is 2.19. The molecule has 0 bridgehead atoms. The number of hydrogen-bond donors (Lipinski definition) is 1. The Balaban J connectivity index is 1.58. The van der Waals surface area contributed by atoms with E-state index in [1.54, 1.807) is 6.20 Å². The highest BCUT2D eigenvalue weighted by atomic mass is 16.2. The van der Waals surface area contributed by atoms with Crippen LogP contribution >= 0.6 is 0 Å². The number of carbonyl (C=O) groups is 1. The average Bonchev–Trinajstić information content (AvgIpc) is 2.64. The fourth-order valence-corrected chi connectivity index (χ4v) is 3.79. The summed E-state index contributed by atoms with van der Waals surface area (Å²) in [5, 5.41) is 3.40. The first-order valence-corrected chi connectivity index (χ1v) is 9.48. The predicted octanol–water partition coefficient (Wildman–Crippen LogP) is 2.99. The number of carbonyl (C=O) groups excluding carboxylic acids is 1. The smallest absolute Gasteiger partial charge is 0.257 e. The van der Waals surface area contributed by atoms with Crippen LogP contribution in [0.25, 0.3) is 0 Å². The summed E-state index contributed by atoms with van der Waals surface area (Å²) in [6.45, 7) is 7.09. The van der Waals surface area contributed by atoms with Gasteiger partial charge in [-0.05, 0) is 57.7 Å². The van der Waals surface area contributed by atoms with Gasteiger partial charge >= 0.3 is 0 Å². The third kappa shape index (κ3) is 4.26. The molecule has 0 radical (unpaired) electrons. The van der Waals surface area contributed by atoms with E-state index in [0.29, 0.717) is 11.6 Å². The molecule has 2 saturated heterocycles. The van der Waals surface area contributed by atoms with Crippen LogP contribution in [0.15, 0.2) is 18.3 Å². The van der Waals surface area contributed by atoms with Crippen LogP contribution in [-0.2, 0) is 0 Å². The van der Waals surface area contributed by atoms with E-state index in [1.807, 2.05) is 17.0 Å². The van der Waals surface area contributed by atoms with Gasteiger partial charge in [0.05, 0.1) is 5.56 Å². The quantitative estimate of drug-likeness (QED) is 0.902. The number of hydrogen-bond acceptors (Lipinski definition) is 4. The molecular formula is C19H30N4O. The minimum atomic E-state index is 0.122. The lowest BCUT2D eigenvalue weighted by Crippen LogP contribution is -2.40. The van der Waals surface area contributed by atoms with Crippen LogP contribution in [0.2, 0.25) is 0 Å². The Bertz CT molecular complexity index is 542. The second kappa shape index (κ2) is 8.47. The van der Waals surface area contributed by atoms with E-state index in [9.17, 15) is 4.79 Å². The van der Waals surface area contributed by atoms with Gasteiger partial charge in [0.25, 0.3) is 5.91 Å². The van der Waals surface area contributed by atoms with Gasteiger partial charge in [0.15, 0.2) is 0 Å². The van der Waals surface area contributed by atoms with Gasteiger partial charge in [0.1, 0.15) is 5.82 Å². The summed E-state index contributed by atoms with van der Waals surface area (Å²) in [6, 6.07) is 4.42. The van der Waals surface area contributed by atoms with Crippen LogP contribution in [0, 0.1) is 0 Å². The van der Waals surface area contributed by atoms with E-state index >= 15 is 0 Å². The molecule has 0 spiro atoms. The minimum absolute atomic E-state index is 0.122. The molecule has 2 aliphatic heterocycles. The summed E-state index contributed by atoms with van der Waals surface area (Å²) >= 11 is 0. The molecule has 3 heterocycles. The fourth-order valence-electron chi connectivity index (χ4n) is 3.79. The highest BCUT2D eigenvalue weighted by molar-refractivity contribution is 5.98. The van der Waals surface area contributed by atoms with Crippen molar-refractivity contribution in [3.8, 4) is 0 Å². The number of anilines is 1. The summed E-state index contributed by atoms with van der Waals surface area (Å²) in [7, 11) is 0. The van der Waals surface area contributed by atoms with Crippen LogP contribution < -0.4 is 5.32 Å². The number of piperidine rings is 2. The van der Waals surface area contributed by atoms with Gasteiger partial charge in [0.2, 0.25) is 0 Å². The molecule has 0 aromatic carbocycles. The van der Waals surface area contributed by atoms with Gasteiger partial charge in [-0.15, -0.1) is 0 Å². The number of nitrogens with one attached hydrogen (secondary N) is 1. The summed E-state index contributed by atoms with van der Waals surface area (Å²) in [4.78, 5) is 21.7. The molecule has 1 aromatic rings. The number of likely N-dealkylation sites (tertiary alicyclic amines) is 2. The van der Waals surface area contributed by atoms with Crippen LogP contribution in [0.1, 0.15) is 55.8 Å². The van der Waals surface area contributed by atoms with Crippen molar-refractivity contribution in [2.24, 2.45) is 0 Å². The SMILES string of the molecule is CC1CCCCN1CCNc1ncccc1C(=O)N1CCCCC1. The summed E-state index contributed by atoms with van der Waals surface area (Å²) in [5.41, 5.74) is 0.714. The molecule has 5 nitrogen and oxygen atoms in total. The van der Waals surface area contributed by atoms with E-state index in [0.717, 1.165) is 44.8 Å². The molecular weight excluding hydrogens is 300 g/mol. The maximum atomic E-state index is 12.8. The van der Waals surface area contributed by atoms with E-state index in [4.69, 9.17) is 0 Å². The molecule has 3 rings (SSSR count). The lowest BCUT2D eigenvalue weighted by atomic mass is 10.0. The fraction of sp³-hybridized carbons (Fsp3) is 0.684. The third-order valence-corrected chi connectivity index (χ3v) is 5.31. The highest BCUT2D eigenvalue weighted by Gasteiger charge is 2.22. The molecule has 2 fully saturated rings. The van der Waals surface area contributed by atoms with Gasteiger partial charge in [-0.25, -0.2) is 4.98 Å². The molecule has 1 aromatic heterocycles. The monoisotopic (exact) mass is 330 g/mol. The number of aromatic nitrogens is 1. The number of nitrogens with zero attached hydrogens (tertiary/aromatic N) is 3. The van der Waals surface area contributed by atoms with Crippen LogP contribution in [0.4, 0.5) is 5.82 Å². The first-order chi connectivity index (χ1) is 11.8. The van der Waals surface area contributed by atoms with E-state index < -0.39 is 0 Å². The molecule has 24 heavy (non-hydrogen) atoms. The summed E-state index contributed by atoms with van der Waals surface area (Å²) in [5.74, 6) is 0.856. The largest absolute Gasteiger partial charge is 0.368 e. The van der Waals surface area contributed by atoms with Crippen molar-refractivity contribution >= 4 is 11.7 Å². The molecule has 1 atom stereocenters. The first kappa shape index (κ1) is 17.2. The predicted molar refractivity (Wildman–Crippen MR) is 97.4 cm³/mol. The zero-order chi connectivity index (χ0) is 16.8. The number of amides is 1. The molecule has 1 amide bonds. The zero-order valence-corrected chi connectivity index (χ0v) is 14.8. The Morgan fingerprint density at radius 2 is 2.00 bits per heavy atom. The maximum Gasteiger partial charge on any atom is 0.257 e. The number of rotatable bonds is 5. The van der Waals surface area contributed by atoms with Gasteiger partial charge in [-0.3, -0.25) is 9.69 Å². The van der Waals surface area contributed by atoms with Crippen LogP contribution in [-0.4, -0.2) is 59.5 Å². The molecule has 2 aliphatic rings. The molecule has 1 N–H and O–H groups in total. The molecule has 5 heteroatoms. The lowest BCUT2D eigenvalue weighted by molar-refractivity contribution is 0.0725. The van der Waals surface area contributed by atoms with Crippen molar-refractivity contribution in [1.82, 2.24) is 14.8 Å². The molecule has 132 valence electrons. The van der Waals surface area contributed by atoms with Crippen molar-refractivity contribution in [2.45, 2.75) is 51.5 Å². The maximum absolute atomic E-state index is 12.8. The van der Waals surface area contributed by atoms with E-state index in [2.05, 4.69) is 22.1 Å². The van der Waals surface area contributed by atoms with Crippen LogP contribution in [0.5, 0.6) is 0 Å². The summed E-state index contributed by atoms with van der Waals surface area (Å²) in [6.07, 6.45) is 9.16. The minimum Gasteiger partial charge on any atom is -0.368 e. The third-order valence-electron chi connectivity index (χ3n) is 5.31. The van der Waals surface area contributed by atoms with Gasteiger partial charge in [-0.1, -0.05) is 6.42 Å². The van der Waals surface area contributed by atoms with Crippen molar-refractivity contribution in [3.63, 3.8) is 0 Å². The van der Waals surface area contributed by atoms with E-state index in [1.165, 1.54) is 32.2 Å². The Labute approximate surface area is 145 Å². The zero-order valence-electron chi connectivity index (χ0n) is 14.8. The average molecular weight is 330 g/mol. The van der Waals surface area contributed by atoms with Gasteiger partial charge in [0, 0.05) is 38.4 Å².